The zero-order chi connectivity index (χ0) is 15.0. The molecule has 0 amide bonds. The molecule has 0 unspecified atom stereocenters. The molecule has 0 saturated carbocycles. The second-order valence-electron chi connectivity index (χ2n) is 4.92. The summed E-state index contributed by atoms with van der Waals surface area (Å²) in [6, 6.07) is 13.5. The summed E-state index contributed by atoms with van der Waals surface area (Å²) in [5, 5.41) is 9.80. The van der Waals surface area contributed by atoms with Gasteiger partial charge in [0, 0.05) is 7.05 Å². The molecule has 1 heterocycles. The number of fused-ring (bicyclic) bond motifs is 1. The number of benzene rings is 2. The molecule has 5 heteroatoms. The highest BCUT2D eigenvalue weighted by molar-refractivity contribution is 5.77. The first kappa shape index (κ1) is 13.2. The molecule has 0 fully saturated rings. The molecule has 3 aromatic rings. The van der Waals surface area contributed by atoms with Gasteiger partial charge in [0.1, 0.15) is 5.75 Å². The van der Waals surface area contributed by atoms with Crippen molar-refractivity contribution in [1.82, 2.24) is 9.13 Å². The molecule has 0 atom stereocenters. The van der Waals surface area contributed by atoms with E-state index in [0.717, 1.165) is 5.56 Å². The van der Waals surface area contributed by atoms with Gasteiger partial charge in [-0.3, -0.25) is 13.9 Å². The highest BCUT2D eigenvalue weighted by Gasteiger charge is 2.10. The number of rotatable bonds is 2. The number of nitrogens with zero attached hydrogens (tertiary/aromatic N) is 2. The third-order valence-electron chi connectivity index (χ3n) is 3.54. The van der Waals surface area contributed by atoms with Crippen LogP contribution in [-0.2, 0) is 13.6 Å². The summed E-state index contributed by atoms with van der Waals surface area (Å²) >= 11 is 0. The maximum absolute atomic E-state index is 12.5. The summed E-state index contributed by atoms with van der Waals surface area (Å²) in [5.41, 5.74) is 0.741. The maximum Gasteiger partial charge on any atom is 0.331 e. The molecule has 0 saturated heterocycles. The van der Waals surface area contributed by atoms with E-state index in [-0.39, 0.29) is 23.5 Å². The number of aromatic hydroxyl groups is 1. The number of aromatic nitrogens is 2. The van der Waals surface area contributed by atoms with Crippen molar-refractivity contribution in [2.45, 2.75) is 6.54 Å². The molecule has 0 spiro atoms. The van der Waals surface area contributed by atoms with Gasteiger partial charge in [0.05, 0.1) is 17.4 Å². The summed E-state index contributed by atoms with van der Waals surface area (Å²) < 4.78 is 2.67. The van der Waals surface area contributed by atoms with Gasteiger partial charge in [-0.15, -0.1) is 0 Å². The van der Waals surface area contributed by atoms with E-state index in [1.807, 2.05) is 0 Å². The Morgan fingerprint density at radius 1 is 1.00 bits per heavy atom. The van der Waals surface area contributed by atoms with Crippen molar-refractivity contribution in [2.24, 2.45) is 7.05 Å². The average Bonchev–Trinajstić information content (AvgIpc) is 2.51. The Bertz CT molecular complexity index is 921. The van der Waals surface area contributed by atoms with Crippen LogP contribution in [-0.4, -0.2) is 14.2 Å². The van der Waals surface area contributed by atoms with Crippen molar-refractivity contribution in [3.63, 3.8) is 0 Å². The Morgan fingerprint density at radius 2 is 1.67 bits per heavy atom. The first-order valence-corrected chi connectivity index (χ1v) is 6.54. The first-order chi connectivity index (χ1) is 10.1. The highest BCUT2D eigenvalue weighted by Crippen LogP contribution is 2.11. The zero-order valence-electron chi connectivity index (χ0n) is 11.5. The van der Waals surface area contributed by atoms with E-state index >= 15 is 0 Å². The number of para-hydroxylation sites is 1. The van der Waals surface area contributed by atoms with E-state index in [4.69, 9.17) is 0 Å². The van der Waals surface area contributed by atoms with Crippen LogP contribution in [0.1, 0.15) is 5.56 Å². The molecule has 0 aliphatic heterocycles. The largest absolute Gasteiger partial charge is 0.508 e. The van der Waals surface area contributed by atoms with Gasteiger partial charge in [-0.25, -0.2) is 4.79 Å². The number of aryl methyl sites for hydroxylation is 1. The highest BCUT2D eigenvalue weighted by atomic mass is 16.3. The Kier molecular flexibility index (Phi) is 3.10. The molecule has 0 radical (unpaired) electrons. The van der Waals surface area contributed by atoms with Gasteiger partial charge in [0.25, 0.3) is 5.56 Å². The minimum atomic E-state index is -0.355. The van der Waals surface area contributed by atoms with Crippen molar-refractivity contribution in [3.8, 4) is 5.75 Å². The van der Waals surface area contributed by atoms with Crippen molar-refractivity contribution in [3.05, 3.63) is 74.9 Å². The third kappa shape index (κ3) is 2.23. The van der Waals surface area contributed by atoms with E-state index in [0.29, 0.717) is 10.9 Å². The lowest BCUT2D eigenvalue weighted by molar-refractivity contribution is 0.475. The number of hydrogen-bond donors (Lipinski definition) is 1. The lowest BCUT2D eigenvalue weighted by Crippen LogP contribution is -2.39. The summed E-state index contributed by atoms with van der Waals surface area (Å²) in [5.74, 6) is 0.150. The van der Waals surface area contributed by atoms with Crippen molar-refractivity contribution in [1.29, 1.82) is 0 Å². The van der Waals surface area contributed by atoms with Gasteiger partial charge in [-0.1, -0.05) is 24.3 Å². The predicted octanol–water partition coefficient (Wildman–Crippen LogP) is 1.45. The molecule has 1 N–H and O–H groups in total. The number of hydrogen-bond acceptors (Lipinski definition) is 3. The second kappa shape index (κ2) is 4.94. The molecular weight excluding hydrogens is 268 g/mol. The van der Waals surface area contributed by atoms with Gasteiger partial charge in [0.15, 0.2) is 0 Å². The lowest BCUT2D eigenvalue weighted by atomic mass is 10.2. The SMILES string of the molecule is Cn1c(=O)n(Cc2ccc(O)cc2)c(=O)c2ccccc21. The zero-order valence-corrected chi connectivity index (χ0v) is 11.5. The topological polar surface area (TPSA) is 64.2 Å². The molecule has 2 aromatic carbocycles. The summed E-state index contributed by atoms with van der Waals surface area (Å²) in [7, 11) is 1.65. The van der Waals surface area contributed by atoms with Crippen LogP contribution in [0.15, 0.2) is 58.1 Å². The van der Waals surface area contributed by atoms with E-state index in [1.165, 1.54) is 21.3 Å². The Labute approximate surface area is 120 Å². The Morgan fingerprint density at radius 3 is 2.38 bits per heavy atom. The standard InChI is InChI=1S/C16H14N2O3/c1-17-14-5-3-2-4-13(14)15(20)18(16(17)21)10-11-6-8-12(19)9-7-11/h2-9,19H,10H2,1H3. The van der Waals surface area contributed by atoms with Crippen LogP contribution in [0.4, 0.5) is 0 Å². The van der Waals surface area contributed by atoms with Crippen LogP contribution >= 0.6 is 0 Å². The number of phenols is 1. The number of phenolic OH excluding ortho intramolecular Hbond substituents is 1. The molecule has 0 aliphatic carbocycles. The van der Waals surface area contributed by atoms with Crippen LogP contribution in [0.5, 0.6) is 5.75 Å². The summed E-state index contributed by atoms with van der Waals surface area (Å²) in [6.07, 6.45) is 0. The van der Waals surface area contributed by atoms with Crippen molar-refractivity contribution < 1.29 is 5.11 Å². The molecule has 0 aliphatic rings. The fourth-order valence-electron chi connectivity index (χ4n) is 2.39. The van der Waals surface area contributed by atoms with Crippen LogP contribution in [0.2, 0.25) is 0 Å². The second-order valence-corrected chi connectivity index (χ2v) is 4.92. The van der Waals surface area contributed by atoms with Crippen LogP contribution < -0.4 is 11.2 Å². The Hall–Kier alpha value is -2.82. The minimum absolute atomic E-state index is 0.150. The Balaban J connectivity index is 2.21. The van der Waals surface area contributed by atoms with Gasteiger partial charge in [-0.05, 0) is 29.8 Å². The van der Waals surface area contributed by atoms with E-state index < -0.39 is 0 Å². The van der Waals surface area contributed by atoms with Gasteiger partial charge >= 0.3 is 5.69 Å². The normalized spacial score (nSPS) is 10.9. The van der Waals surface area contributed by atoms with Crippen LogP contribution in [0, 0.1) is 0 Å². The molecule has 1 aromatic heterocycles. The van der Waals surface area contributed by atoms with Crippen LogP contribution in [0.3, 0.4) is 0 Å². The summed E-state index contributed by atoms with van der Waals surface area (Å²) in [4.78, 5) is 24.8. The van der Waals surface area contributed by atoms with Crippen molar-refractivity contribution >= 4 is 10.9 Å². The minimum Gasteiger partial charge on any atom is -0.508 e. The predicted molar refractivity (Wildman–Crippen MR) is 80.7 cm³/mol. The lowest BCUT2D eigenvalue weighted by Gasteiger charge is -2.10. The first-order valence-electron chi connectivity index (χ1n) is 6.54. The van der Waals surface area contributed by atoms with Gasteiger partial charge in [-0.2, -0.15) is 0 Å². The smallest absolute Gasteiger partial charge is 0.331 e. The molecule has 3 rings (SSSR count). The fraction of sp³-hybridized carbons (Fsp3) is 0.125. The van der Waals surface area contributed by atoms with E-state index in [2.05, 4.69) is 0 Å². The van der Waals surface area contributed by atoms with Crippen molar-refractivity contribution in [2.75, 3.05) is 0 Å². The van der Waals surface area contributed by atoms with Gasteiger partial charge < -0.3 is 5.11 Å². The summed E-state index contributed by atoms with van der Waals surface area (Å²) in [6.45, 7) is 0.177. The molecule has 0 bridgehead atoms. The quantitative estimate of drug-likeness (QED) is 0.774. The van der Waals surface area contributed by atoms with E-state index in [9.17, 15) is 14.7 Å². The molecule has 5 nitrogen and oxygen atoms in total. The fourth-order valence-corrected chi connectivity index (χ4v) is 2.39. The third-order valence-corrected chi connectivity index (χ3v) is 3.54. The molecule has 21 heavy (non-hydrogen) atoms. The van der Waals surface area contributed by atoms with E-state index in [1.54, 1.807) is 43.4 Å². The maximum atomic E-state index is 12.5. The molecule has 106 valence electrons. The monoisotopic (exact) mass is 282 g/mol. The average molecular weight is 282 g/mol. The van der Waals surface area contributed by atoms with Crippen LogP contribution in [0.25, 0.3) is 10.9 Å². The van der Waals surface area contributed by atoms with Gasteiger partial charge in [0.2, 0.25) is 0 Å². The molecular formula is C16H14N2O3.